The number of carbonyl (C=O) groups is 3. The SMILES string of the molecule is O=C(NC(C1CC1)C(F)(F)C(=O)NCC[C@H](O)C(=O)O)OCC1c2ccccc2-c2ccccc21. The summed E-state index contributed by atoms with van der Waals surface area (Å²) < 4.78 is 35.1. The minimum atomic E-state index is -3.94. The maximum absolute atomic E-state index is 14.9. The summed E-state index contributed by atoms with van der Waals surface area (Å²) in [6.07, 6.45) is -2.39. The van der Waals surface area contributed by atoms with Crippen LogP contribution in [0.2, 0.25) is 0 Å². The van der Waals surface area contributed by atoms with Gasteiger partial charge in [-0.1, -0.05) is 48.5 Å². The van der Waals surface area contributed by atoms with Crippen molar-refractivity contribution in [1.82, 2.24) is 10.6 Å². The van der Waals surface area contributed by atoms with Gasteiger partial charge in [0.1, 0.15) is 12.6 Å². The largest absolute Gasteiger partial charge is 0.479 e. The predicted octanol–water partition coefficient (Wildman–Crippen LogP) is 2.89. The molecule has 0 heterocycles. The van der Waals surface area contributed by atoms with Crippen LogP contribution in [-0.2, 0) is 14.3 Å². The first-order valence-corrected chi connectivity index (χ1v) is 11.4. The number of carbonyl (C=O) groups excluding carboxylic acids is 2. The van der Waals surface area contributed by atoms with Crippen molar-refractivity contribution < 1.29 is 38.1 Å². The van der Waals surface area contributed by atoms with E-state index in [1.807, 2.05) is 53.8 Å². The number of carboxylic acid groups (broad SMARTS) is 1. The second kappa shape index (κ2) is 9.99. The molecule has 2 aromatic rings. The third-order valence-corrected chi connectivity index (χ3v) is 6.39. The molecule has 2 atom stereocenters. The molecular formula is C25H26F2N2O6. The lowest BCUT2D eigenvalue weighted by molar-refractivity contribution is -0.152. The average molecular weight is 488 g/mol. The number of aliphatic carboxylic acids is 1. The summed E-state index contributed by atoms with van der Waals surface area (Å²) in [4.78, 5) is 35.3. The van der Waals surface area contributed by atoms with Crippen LogP contribution in [-0.4, -0.2) is 59.4 Å². The number of rotatable bonds is 10. The Morgan fingerprint density at radius 3 is 2.14 bits per heavy atom. The van der Waals surface area contributed by atoms with E-state index in [0.717, 1.165) is 22.3 Å². The summed E-state index contributed by atoms with van der Waals surface area (Å²) in [7, 11) is 0. The van der Waals surface area contributed by atoms with Gasteiger partial charge in [-0.2, -0.15) is 8.78 Å². The minimum absolute atomic E-state index is 0.0535. The Hall–Kier alpha value is -3.53. The van der Waals surface area contributed by atoms with Gasteiger partial charge in [-0.25, -0.2) is 9.59 Å². The van der Waals surface area contributed by atoms with Gasteiger partial charge in [0.25, 0.3) is 5.91 Å². The Morgan fingerprint density at radius 1 is 1.03 bits per heavy atom. The Labute approximate surface area is 200 Å². The molecule has 1 fully saturated rings. The number of benzene rings is 2. The normalized spacial score (nSPS) is 16.5. The first kappa shape index (κ1) is 24.6. The molecule has 2 amide bonds. The Balaban J connectivity index is 1.37. The van der Waals surface area contributed by atoms with Crippen molar-refractivity contribution in [3.63, 3.8) is 0 Å². The van der Waals surface area contributed by atoms with Crippen LogP contribution in [0.1, 0.15) is 36.3 Å². The molecule has 2 aliphatic rings. The van der Waals surface area contributed by atoms with Crippen molar-refractivity contribution in [2.75, 3.05) is 13.2 Å². The van der Waals surface area contributed by atoms with E-state index in [0.29, 0.717) is 12.8 Å². The van der Waals surface area contributed by atoms with Gasteiger partial charge in [-0.3, -0.25) is 4.79 Å². The van der Waals surface area contributed by atoms with Crippen LogP contribution in [0.5, 0.6) is 0 Å². The van der Waals surface area contributed by atoms with Gasteiger partial charge >= 0.3 is 18.0 Å². The Bertz CT molecular complexity index is 1080. The lowest BCUT2D eigenvalue weighted by atomic mass is 9.98. The number of amides is 2. The van der Waals surface area contributed by atoms with Crippen LogP contribution < -0.4 is 10.6 Å². The molecule has 4 N–H and O–H groups in total. The van der Waals surface area contributed by atoms with Crippen molar-refractivity contribution in [3.8, 4) is 11.1 Å². The third kappa shape index (κ3) is 5.27. The highest BCUT2D eigenvalue weighted by molar-refractivity contribution is 5.85. The number of fused-ring (bicyclic) bond motifs is 3. The summed E-state index contributed by atoms with van der Waals surface area (Å²) in [6.45, 7) is -0.508. The number of hydrogen-bond donors (Lipinski definition) is 4. The number of aliphatic hydroxyl groups is 1. The second-order valence-electron chi connectivity index (χ2n) is 8.81. The smallest absolute Gasteiger partial charge is 0.407 e. The van der Waals surface area contributed by atoms with Gasteiger partial charge in [0.2, 0.25) is 0 Å². The number of alkyl carbamates (subject to hydrolysis) is 1. The molecule has 1 saturated carbocycles. The van der Waals surface area contributed by atoms with E-state index in [1.54, 1.807) is 0 Å². The summed E-state index contributed by atoms with van der Waals surface area (Å²) in [5.41, 5.74) is 4.02. The molecule has 186 valence electrons. The molecule has 0 spiro atoms. The quantitative estimate of drug-likeness (QED) is 0.408. The highest BCUT2D eigenvalue weighted by atomic mass is 19.3. The van der Waals surface area contributed by atoms with Gasteiger partial charge in [0.15, 0.2) is 6.10 Å². The van der Waals surface area contributed by atoms with Crippen molar-refractivity contribution in [1.29, 1.82) is 0 Å². The number of alkyl halides is 2. The van der Waals surface area contributed by atoms with E-state index in [-0.39, 0.29) is 12.5 Å². The molecule has 8 nitrogen and oxygen atoms in total. The third-order valence-electron chi connectivity index (χ3n) is 6.39. The fourth-order valence-corrected chi connectivity index (χ4v) is 4.41. The monoisotopic (exact) mass is 488 g/mol. The molecule has 0 saturated heterocycles. The van der Waals surface area contributed by atoms with E-state index in [2.05, 4.69) is 5.32 Å². The van der Waals surface area contributed by atoms with Crippen molar-refractivity contribution in [2.24, 2.45) is 5.92 Å². The van der Waals surface area contributed by atoms with E-state index in [1.165, 1.54) is 0 Å². The van der Waals surface area contributed by atoms with Crippen LogP contribution in [0.15, 0.2) is 48.5 Å². The van der Waals surface area contributed by atoms with E-state index >= 15 is 0 Å². The summed E-state index contributed by atoms with van der Waals surface area (Å²) in [6, 6.07) is 13.7. The zero-order valence-corrected chi connectivity index (χ0v) is 18.7. The van der Waals surface area contributed by atoms with E-state index in [4.69, 9.17) is 9.84 Å². The summed E-state index contributed by atoms with van der Waals surface area (Å²) in [5.74, 6) is -7.93. The molecular weight excluding hydrogens is 462 g/mol. The molecule has 0 aliphatic heterocycles. The summed E-state index contributed by atoms with van der Waals surface area (Å²) in [5, 5.41) is 22.0. The highest BCUT2D eigenvalue weighted by Gasteiger charge is 2.54. The zero-order chi connectivity index (χ0) is 25.2. The number of ether oxygens (including phenoxy) is 1. The number of halogens is 2. The molecule has 2 aromatic carbocycles. The molecule has 0 radical (unpaired) electrons. The predicted molar refractivity (Wildman–Crippen MR) is 121 cm³/mol. The maximum Gasteiger partial charge on any atom is 0.407 e. The van der Waals surface area contributed by atoms with E-state index < -0.39 is 54.9 Å². The number of carboxylic acids is 1. The van der Waals surface area contributed by atoms with Crippen LogP contribution in [0, 0.1) is 5.92 Å². The second-order valence-corrected chi connectivity index (χ2v) is 8.81. The van der Waals surface area contributed by atoms with Crippen molar-refractivity contribution in [3.05, 3.63) is 59.7 Å². The van der Waals surface area contributed by atoms with Crippen LogP contribution in [0.4, 0.5) is 13.6 Å². The molecule has 1 unspecified atom stereocenters. The molecule has 0 aromatic heterocycles. The molecule has 2 aliphatic carbocycles. The first-order chi connectivity index (χ1) is 16.7. The average Bonchev–Trinajstić information content (AvgIpc) is 3.63. The maximum atomic E-state index is 14.9. The van der Waals surface area contributed by atoms with Gasteiger partial charge in [0.05, 0.1) is 0 Å². The molecule has 0 bridgehead atoms. The summed E-state index contributed by atoms with van der Waals surface area (Å²) >= 11 is 0. The fourth-order valence-electron chi connectivity index (χ4n) is 4.41. The van der Waals surface area contributed by atoms with Crippen molar-refractivity contribution >= 4 is 18.0 Å². The molecule has 10 heteroatoms. The number of hydrogen-bond acceptors (Lipinski definition) is 5. The fraction of sp³-hybridized carbons (Fsp3) is 0.400. The van der Waals surface area contributed by atoms with Crippen LogP contribution >= 0.6 is 0 Å². The van der Waals surface area contributed by atoms with Crippen molar-refractivity contribution in [2.45, 2.75) is 43.2 Å². The Morgan fingerprint density at radius 2 is 1.60 bits per heavy atom. The molecule has 4 rings (SSSR count). The van der Waals surface area contributed by atoms with Crippen LogP contribution in [0.25, 0.3) is 11.1 Å². The highest BCUT2D eigenvalue weighted by Crippen LogP contribution is 2.44. The zero-order valence-electron chi connectivity index (χ0n) is 18.7. The Kier molecular flexibility index (Phi) is 7.02. The van der Waals surface area contributed by atoms with Gasteiger partial charge in [-0.05, 0) is 41.0 Å². The van der Waals surface area contributed by atoms with E-state index in [9.17, 15) is 28.3 Å². The number of nitrogens with one attached hydrogen (secondary N) is 2. The standard InChI is InChI=1S/C25H26F2N2O6/c26-25(27,23(33)28-12-11-20(30)22(31)32)21(14-9-10-14)29-24(34)35-13-19-17-7-3-1-5-15(17)16-6-2-4-8-18(16)19/h1-8,14,19-21,30H,9-13H2,(H,28,33)(H,29,34)(H,31,32)/t20-,21?/m0/s1. The number of aliphatic hydroxyl groups excluding tert-OH is 1. The first-order valence-electron chi connectivity index (χ1n) is 11.4. The van der Waals surface area contributed by atoms with Gasteiger partial charge in [0, 0.05) is 18.9 Å². The lowest BCUT2D eigenvalue weighted by Gasteiger charge is -2.27. The topological polar surface area (TPSA) is 125 Å². The van der Waals surface area contributed by atoms with Gasteiger partial charge < -0.3 is 25.6 Å². The lowest BCUT2D eigenvalue weighted by Crippen LogP contribution is -2.57. The van der Waals surface area contributed by atoms with Gasteiger partial charge in [-0.15, -0.1) is 0 Å². The molecule has 35 heavy (non-hydrogen) atoms. The van der Waals surface area contributed by atoms with Crippen LogP contribution in [0.3, 0.4) is 0 Å². The minimum Gasteiger partial charge on any atom is -0.479 e.